The summed E-state index contributed by atoms with van der Waals surface area (Å²) in [4.78, 5) is 37.0. The van der Waals surface area contributed by atoms with Crippen LogP contribution in [0.15, 0.2) is 45.5 Å². The molecule has 1 aromatic carbocycles. The number of thiophene rings is 1. The lowest BCUT2D eigenvalue weighted by molar-refractivity contribution is 0.0606. The number of carbonyl (C=O) groups is 3. The van der Waals surface area contributed by atoms with E-state index in [4.69, 9.17) is 11.6 Å². The molecule has 1 aliphatic rings. The first-order valence-electron chi connectivity index (χ1n) is 6.66. The van der Waals surface area contributed by atoms with Crippen LogP contribution in [0.2, 0.25) is 0 Å². The molecule has 2 aromatic rings. The highest BCUT2D eigenvalue weighted by Gasteiger charge is 2.35. The van der Waals surface area contributed by atoms with Crippen LogP contribution in [-0.4, -0.2) is 24.6 Å². The van der Waals surface area contributed by atoms with Gasteiger partial charge in [0.05, 0.1) is 12.0 Å². The lowest BCUT2D eigenvalue weighted by atomic mass is 9.99. The third-order valence-corrected chi connectivity index (χ3v) is 5.33. The zero-order valence-electron chi connectivity index (χ0n) is 12.2. The van der Waals surface area contributed by atoms with Gasteiger partial charge < -0.3 is 10.1 Å². The number of allylic oxidation sites excluding steroid dienone is 2. The van der Waals surface area contributed by atoms with E-state index in [0.717, 1.165) is 15.8 Å². The van der Waals surface area contributed by atoms with Gasteiger partial charge in [-0.2, -0.15) is 0 Å². The highest BCUT2D eigenvalue weighted by Crippen LogP contribution is 2.35. The molecule has 24 heavy (non-hydrogen) atoms. The molecule has 0 saturated carbocycles. The SMILES string of the molecule is COC(=O)c1cc2c(s1)C(=O)C(Cl)=C(Nc1ccc(Br)cc1)C2=O. The van der Waals surface area contributed by atoms with Gasteiger partial charge in [0.2, 0.25) is 11.6 Å². The van der Waals surface area contributed by atoms with Crippen molar-refractivity contribution in [3.63, 3.8) is 0 Å². The molecule has 1 N–H and O–H groups in total. The topological polar surface area (TPSA) is 72.5 Å². The Bertz CT molecular complexity index is 901. The number of hydrogen-bond acceptors (Lipinski definition) is 6. The van der Waals surface area contributed by atoms with E-state index in [-0.39, 0.29) is 26.0 Å². The van der Waals surface area contributed by atoms with Crippen molar-refractivity contribution in [2.24, 2.45) is 0 Å². The summed E-state index contributed by atoms with van der Waals surface area (Å²) in [6.45, 7) is 0. The standard InChI is InChI=1S/C16H9BrClNO4S/c1-23-16(22)10-6-9-13(20)12(11(18)14(21)15(9)24-10)19-8-4-2-7(17)3-5-8/h2-6,19H,1H3. The number of halogens is 2. The molecule has 0 amide bonds. The molecule has 3 rings (SSSR count). The number of methoxy groups -OCH3 is 1. The van der Waals surface area contributed by atoms with Crippen LogP contribution in [0.1, 0.15) is 29.7 Å². The van der Waals surface area contributed by atoms with Gasteiger partial charge in [0.1, 0.15) is 15.6 Å². The number of nitrogens with one attached hydrogen (secondary N) is 1. The first-order valence-corrected chi connectivity index (χ1v) is 8.65. The first kappa shape index (κ1) is 16.9. The molecule has 0 radical (unpaired) electrons. The van der Waals surface area contributed by atoms with Crippen LogP contribution in [0.3, 0.4) is 0 Å². The van der Waals surface area contributed by atoms with Gasteiger partial charge in [0, 0.05) is 15.7 Å². The van der Waals surface area contributed by atoms with Crippen LogP contribution in [0.25, 0.3) is 0 Å². The number of carbonyl (C=O) groups excluding carboxylic acids is 3. The number of fused-ring (bicyclic) bond motifs is 1. The molecule has 0 fully saturated rings. The van der Waals surface area contributed by atoms with Crippen LogP contribution in [0.5, 0.6) is 0 Å². The van der Waals surface area contributed by atoms with Crippen LogP contribution < -0.4 is 5.32 Å². The zero-order chi connectivity index (χ0) is 17.4. The monoisotopic (exact) mass is 425 g/mol. The number of benzene rings is 1. The van der Waals surface area contributed by atoms with Gasteiger partial charge in [-0.3, -0.25) is 9.59 Å². The van der Waals surface area contributed by atoms with Gasteiger partial charge in [-0.25, -0.2) is 4.79 Å². The van der Waals surface area contributed by atoms with Crippen LogP contribution >= 0.6 is 38.9 Å². The summed E-state index contributed by atoms with van der Waals surface area (Å²) in [7, 11) is 1.23. The minimum atomic E-state index is -0.603. The number of Topliss-reactive ketones (excluding diaryl/α,β-unsaturated/α-hetero) is 2. The number of hydrogen-bond donors (Lipinski definition) is 1. The van der Waals surface area contributed by atoms with Gasteiger partial charge in [-0.1, -0.05) is 27.5 Å². The minimum absolute atomic E-state index is 0.00861. The van der Waals surface area contributed by atoms with E-state index < -0.39 is 17.5 Å². The fourth-order valence-electron chi connectivity index (χ4n) is 2.17. The third kappa shape index (κ3) is 2.90. The Morgan fingerprint density at radius 3 is 2.50 bits per heavy atom. The van der Waals surface area contributed by atoms with E-state index in [9.17, 15) is 14.4 Å². The van der Waals surface area contributed by atoms with Gasteiger partial charge in [-0.15, -0.1) is 11.3 Å². The van der Waals surface area contributed by atoms with Crippen molar-refractivity contribution in [1.82, 2.24) is 0 Å². The summed E-state index contributed by atoms with van der Waals surface area (Å²) in [6.07, 6.45) is 0. The van der Waals surface area contributed by atoms with E-state index in [2.05, 4.69) is 26.0 Å². The molecule has 0 bridgehead atoms. The average Bonchev–Trinajstić information content (AvgIpc) is 3.03. The Balaban J connectivity index is 1.99. The molecule has 0 unspecified atom stereocenters. The van der Waals surface area contributed by atoms with E-state index in [0.29, 0.717) is 5.69 Å². The van der Waals surface area contributed by atoms with Gasteiger partial charge >= 0.3 is 5.97 Å². The van der Waals surface area contributed by atoms with Crippen molar-refractivity contribution in [3.05, 3.63) is 60.9 Å². The van der Waals surface area contributed by atoms with Crippen molar-refractivity contribution in [2.45, 2.75) is 0 Å². The van der Waals surface area contributed by atoms with Crippen molar-refractivity contribution < 1.29 is 19.1 Å². The first-order chi connectivity index (χ1) is 11.4. The molecule has 0 aliphatic heterocycles. The second kappa shape index (κ2) is 6.51. The molecule has 8 heteroatoms. The summed E-state index contributed by atoms with van der Waals surface area (Å²) in [5.41, 5.74) is 0.750. The van der Waals surface area contributed by atoms with E-state index in [1.165, 1.54) is 13.2 Å². The number of anilines is 1. The van der Waals surface area contributed by atoms with Crippen molar-refractivity contribution >= 4 is 62.1 Å². The Morgan fingerprint density at radius 1 is 1.21 bits per heavy atom. The summed E-state index contributed by atoms with van der Waals surface area (Å²) in [5, 5.41) is 2.68. The quantitative estimate of drug-likeness (QED) is 0.743. The molecule has 1 heterocycles. The normalized spacial score (nSPS) is 13.8. The van der Waals surface area contributed by atoms with Crippen molar-refractivity contribution in [3.8, 4) is 0 Å². The largest absolute Gasteiger partial charge is 0.465 e. The lowest BCUT2D eigenvalue weighted by Crippen LogP contribution is -2.22. The lowest BCUT2D eigenvalue weighted by Gasteiger charge is -2.16. The Hall–Kier alpha value is -1.96. The summed E-state index contributed by atoms with van der Waals surface area (Å²) in [5.74, 6) is -1.54. The predicted molar refractivity (Wildman–Crippen MR) is 95.0 cm³/mol. The summed E-state index contributed by atoms with van der Waals surface area (Å²) >= 11 is 10.3. The summed E-state index contributed by atoms with van der Waals surface area (Å²) in [6, 6.07) is 8.41. The maximum atomic E-state index is 12.7. The average molecular weight is 427 g/mol. The highest BCUT2D eigenvalue weighted by atomic mass is 79.9. The Labute approximate surface area is 154 Å². The predicted octanol–water partition coefficient (Wildman–Crippen LogP) is 4.24. The van der Waals surface area contributed by atoms with Crippen molar-refractivity contribution in [2.75, 3.05) is 12.4 Å². The Kier molecular flexibility index (Phi) is 4.58. The van der Waals surface area contributed by atoms with Gasteiger partial charge in [0.25, 0.3) is 0 Å². The highest BCUT2D eigenvalue weighted by molar-refractivity contribution is 9.10. The van der Waals surface area contributed by atoms with Crippen LogP contribution in [0, 0.1) is 0 Å². The summed E-state index contributed by atoms with van der Waals surface area (Å²) < 4.78 is 5.50. The molecule has 122 valence electrons. The fourth-order valence-corrected chi connectivity index (χ4v) is 3.73. The molecule has 5 nitrogen and oxygen atoms in total. The molecule has 0 atom stereocenters. The van der Waals surface area contributed by atoms with E-state index >= 15 is 0 Å². The maximum absolute atomic E-state index is 12.7. The maximum Gasteiger partial charge on any atom is 0.348 e. The van der Waals surface area contributed by atoms with Gasteiger partial charge in [0.15, 0.2) is 0 Å². The molecular formula is C16H9BrClNO4S. The van der Waals surface area contributed by atoms with E-state index in [1.54, 1.807) is 24.3 Å². The third-order valence-electron chi connectivity index (χ3n) is 3.33. The smallest absolute Gasteiger partial charge is 0.348 e. The molecular weight excluding hydrogens is 418 g/mol. The van der Waals surface area contributed by atoms with Crippen LogP contribution in [0.4, 0.5) is 5.69 Å². The van der Waals surface area contributed by atoms with Crippen LogP contribution in [-0.2, 0) is 4.74 Å². The second-order valence-corrected chi connectivity index (χ2v) is 7.17. The Morgan fingerprint density at radius 2 is 1.88 bits per heavy atom. The number of ketones is 2. The van der Waals surface area contributed by atoms with Crippen molar-refractivity contribution in [1.29, 1.82) is 0 Å². The number of esters is 1. The zero-order valence-corrected chi connectivity index (χ0v) is 15.3. The minimum Gasteiger partial charge on any atom is -0.465 e. The second-order valence-electron chi connectivity index (χ2n) is 4.82. The molecule has 0 saturated heterocycles. The number of ether oxygens (including phenoxy) is 1. The number of rotatable bonds is 3. The fraction of sp³-hybridized carbons (Fsp3) is 0.0625. The van der Waals surface area contributed by atoms with E-state index in [1.807, 2.05) is 0 Å². The van der Waals surface area contributed by atoms with Gasteiger partial charge in [-0.05, 0) is 30.3 Å². The molecule has 1 aliphatic carbocycles. The molecule has 1 aromatic heterocycles. The molecule has 0 spiro atoms.